The van der Waals surface area contributed by atoms with Gasteiger partial charge in [0.05, 0.1) is 18.2 Å². The van der Waals surface area contributed by atoms with Crippen LogP contribution < -0.4 is 26.0 Å². The first-order valence-corrected chi connectivity index (χ1v) is 22.3. The maximum Gasteiger partial charge on any atom is 0.433 e. The number of aliphatic hydroxyl groups is 1. The molecule has 2 heterocycles. The molecule has 3 aliphatic rings. The Morgan fingerprint density at radius 1 is 0.769 bits per heavy atom. The topological polar surface area (TPSA) is 128 Å². The zero-order chi connectivity index (χ0) is 46.5. The number of nitrogens with one attached hydrogen (secondary N) is 4. The normalized spacial score (nSPS) is 22.5. The van der Waals surface area contributed by atoms with E-state index >= 15 is 0 Å². The number of anilines is 2. The van der Waals surface area contributed by atoms with Crippen LogP contribution in [0.1, 0.15) is 86.3 Å². The van der Waals surface area contributed by atoms with Crippen LogP contribution in [0.25, 0.3) is 21.7 Å². The average Bonchev–Trinajstić information content (AvgIpc) is 3.66. The van der Waals surface area contributed by atoms with Crippen molar-refractivity contribution in [1.29, 1.82) is 0 Å². The zero-order valence-corrected chi connectivity index (χ0v) is 36.8. The standard InChI is InChI=1S/C25H25F3N2O2.C23H28ClF3N4O2/c1-32-21-11-9-16(10-12-21)24(31)30-20-7-4-6-19(15-20)29-23-14-18(25(26,27)28)13-17-5-2-3-8-22(17)23;1-13-14(12-32)7-8-31(13)22(33)29-17-4-2-3-16(10-17)28-20-11-21(23(25,26)27)30-19-6-5-15(24)9-18(19)20/h2-3,5,8-14,19-20,29H,4,6-7,15H2,1H3,(H,30,31);5-6,9,11,13-14,16-17,32H,2-4,7-8,10,12H2,1H3,(H,28,30)(H,29,33)/t19-,20+;13-,14+,16+,17-/m01/s1. The van der Waals surface area contributed by atoms with E-state index in [0.717, 1.165) is 56.4 Å². The molecule has 2 saturated carbocycles. The number of ether oxygens (including phenoxy) is 1. The van der Waals surface area contributed by atoms with Gasteiger partial charge in [-0.1, -0.05) is 35.9 Å². The van der Waals surface area contributed by atoms with Crippen LogP contribution in [0, 0.1) is 5.92 Å². The molecule has 0 radical (unpaired) electrons. The number of aromatic nitrogens is 1. The molecule has 1 saturated heterocycles. The number of benzene rings is 4. The lowest BCUT2D eigenvalue weighted by Crippen LogP contribution is -2.49. The van der Waals surface area contributed by atoms with Crippen LogP contribution in [0.4, 0.5) is 42.5 Å². The molecule has 8 rings (SSSR count). The Morgan fingerprint density at radius 2 is 1.40 bits per heavy atom. The van der Waals surface area contributed by atoms with Crippen molar-refractivity contribution < 1.29 is 45.8 Å². The lowest BCUT2D eigenvalue weighted by atomic mass is 9.90. The van der Waals surface area contributed by atoms with Gasteiger partial charge in [0, 0.05) is 82.0 Å². The molecule has 0 unspecified atom stereocenters. The summed E-state index contributed by atoms with van der Waals surface area (Å²) in [6.07, 6.45) is -1.97. The van der Waals surface area contributed by atoms with E-state index in [2.05, 4.69) is 26.3 Å². The van der Waals surface area contributed by atoms with Crippen molar-refractivity contribution in [2.45, 2.75) is 107 Å². The summed E-state index contributed by atoms with van der Waals surface area (Å²) < 4.78 is 85.6. The quantitative estimate of drug-likeness (QED) is 0.0932. The van der Waals surface area contributed by atoms with Gasteiger partial charge in [-0.15, -0.1) is 0 Å². The molecule has 5 aromatic rings. The Hall–Kier alpha value is -5.48. The lowest BCUT2D eigenvalue weighted by molar-refractivity contribution is -0.141. The number of carbonyl (C=O) groups is 2. The number of fused-ring (bicyclic) bond motifs is 2. The van der Waals surface area contributed by atoms with Crippen molar-refractivity contribution >= 4 is 56.6 Å². The van der Waals surface area contributed by atoms with E-state index < -0.39 is 23.6 Å². The van der Waals surface area contributed by atoms with Crippen molar-refractivity contribution in [3.05, 3.63) is 107 Å². The van der Waals surface area contributed by atoms with E-state index in [9.17, 15) is 41.0 Å². The number of methoxy groups -OCH3 is 1. The third-order valence-electron chi connectivity index (χ3n) is 12.7. The number of likely N-dealkylation sites (tertiary alicyclic amines) is 1. The van der Waals surface area contributed by atoms with Crippen LogP contribution >= 0.6 is 11.6 Å². The predicted molar refractivity (Wildman–Crippen MR) is 240 cm³/mol. The van der Waals surface area contributed by atoms with Crippen molar-refractivity contribution in [2.75, 3.05) is 30.9 Å². The largest absolute Gasteiger partial charge is 0.497 e. The Balaban J connectivity index is 0.000000194. The molecule has 65 heavy (non-hydrogen) atoms. The van der Waals surface area contributed by atoms with Crippen LogP contribution in [0.3, 0.4) is 0 Å². The Kier molecular flexibility index (Phi) is 14.9. The van der Waals surface area contributed by atoms with E-state index in [-0.39, 0.29) is 60.2 Å². The second kappa shape index (κ2) is 20.4. The fourth-order valence-corrected chi connectivity index (χ4v) is 9.38. The van der Waals surface area contributed by atoms with Gasteiger partial charge in [0.1, 0.15) is 11.4 Å². The average molecular weight is 927 g/mol. The maximum atomic E-state index is 13.4. The molecule has 2 aliphatic carbocycles. The van der Waals surface area contributed by atoms with Crippen molar-refractivity contribution in [3.63, 3.8) is 0 Å². The molecule has 4 aromatic carbocycles. The molecule has 0 bridgehead atoms. The molecule has 1 aliphatic heterocycles. The van der Waals surface area contributed by atoms with Gasteiger partial charge >= 0.3 is 18.4 Å². The number of rotatable bonds is 9. The van der Waals surface area contributed by atoms with Crippen molar-refractivity contribution in [1.82, 2.24) is 20.5 Å². The Bertz CT molecular complexity index is 2450. The second-order valence-electron chi connectivity index (χ2n) is 17.2. The van der Waals surface area contributed by atoms with Gasteiger partial charge in [-0.25, -0.2) is 9.78 Å². The molecule has 5 N–H and O–H groups in total. The monoisotopic (exact) mass is 926 g/mol. The minimum atomic E-state index is -4.56. The number of hydrogen-bond acceptors (Lipinski definition) is 7. The van der Waals surface area contributed by atoms with E-state index in [1.54, 1.807) is 54.5 Å². The van der Waals surface area contributed by atoms with Gasteiger partial charge in [-0.2, -0.15) is 26.3 Å². The SMILES string of the molecule is COc1ccc(C(=O)N[C@@H]2CCC[C@H](Nc3cc(C(F)(F)F)cc4ccccc34)C2)cc1.C[C@@H]1[C@H](CO)CCN1C(=O)N[C@@H]1CCC[C@H](Nc2cc(C(F)(F)F)nc3ccc(Cl)cc23)C1. The smallest absolute Gasteiger partial charge is 0.433 e. The molecule has 348 valence electrons. The van der Waals surface area contributed by atoms with Gasteiger partial charge in [0.25, 0.3) is 5.91 Å². The molecule has 1 aromatic heterocycles. The first-order chi connectivity index (χ1) is 31.0. The number of halogens is 7. The third-order valence-corrected chi connectivity index (χ3v) is 13.0. The van der Waals surface area contributed by atoms with E-state index in [1.807, 2.05) is 19.1 Å². The van der Waals surface area contributed by atoms with Gasteiger partial charge in [-0.05, 0) is 131 Å². The molecule has 3 amide bonds. The number of pyridine rings is 1. The van der Waals surface area contributed by atoms with Crippen molar-refractivity contribution in [2.24, 2.45) is 5.92 Å². The van der Waals surface area contributed by atoms with Gasteiger partial charge < -0.3 is 36.0 Å². The first-order valence-electron chi connectivity index (χ1n) is 21.9. The number of amides is 3. The molecule has 6 atom stereocenters. The summed E-state index contributed by atoms with van der Waals surface area (Å²) in [5, 5.41) is 24.4. The molecule has 0 spiro atoms. The highest BCUT2D eigenvalue weighted by molar-refractivity contribution is 6.31. The summed E-state index contributed by atoms with van der Waals surface area (Å²) in [4.78, 5) is 30.9. The van der Waals surface area contributed by atoms with Crippen LogP contribution in [0.2, 0.25) is 5.02 Å². The van der Waals surface area contributed by atoms with Crippen LogP contribution in [0.15, 0.2) is 84.9 Å². The molecule has 10 nitrogen and oxygen atoms in total. The minimum Gasteiger partial charge on any atom is -0.497 e. The molecule has 3 fully saturated rings. The number of alkyl halides is 6. The summed E-state index contributed by atoms with van der Waals surface area (Å²) >= 11 is 6.09. The zero-order valence-electron chi connectivity index (χ0n) is 36.0. The van der Waals surface area contributed by atoms with E-state index in [0.29, 0.717) is 57.9 Å². The summed E-state index contributed by atoms with van der Waals surface area (Å²) in [7, 11) is 1.57. The van der Waals surface area contributed by atoms with Crippen LogP contribution in [0.5, 0.6) is 5.75 Å². The number of nitrogens with zero attached hydrogens (tertiary/aromatic N) is 2. The second-order valence-corrected chi connectivity index (χ2v) is 17.6. The first kappa shape index (κ1) is 47.5. The van der Waals surface area contributed by atoms with Crippen LogP contribution in [-0.2, 0) is 12.4 Å². The third kappa shape index (κ3) is 11.9. The molecule has 17 heteroatoms. The van der Waals surface area contributed by atoms with E-state index in [1.165, 1.54) is 24.3 Å². The summed E-state index contributed by atoms with van der Waals surface area (Å²) in [6.45, 7) is 2.61. The predicted octanol–water partition coefficient (Wildman–Crippen LogP) is 11.1. The summed E-state index contributed by atoms with van der Waals surface area (Å²) in [5.41, 5.74) is -0.0438. The minimum absolute atomic E-state index is 0.0266. The molecular formula is C48H53ClF6N6O4. The highest BCUT2D eigenvalue weighted by Gasteiger charge is 2.37. The van der Waals surface area contributed by atoms with Crippen LogP contribution in [-0.4, -0.2) is 77.4 Å². The number of hydrogen-bond donors (Lipinski definition) is 5. The lowest BCUT2D eigenvalue weighted by Gasteiger charge is -2.33. The van der Waals surface area contributed by atoms with Gasteiger partial charge in [-0.3, -0.25) is 4.79 Å². The number of urea groups is 1. The number of carbonyl (C=O) groups excluding carboxylic acids is 2. The number of aliphatic hydroxyl groups excluding tert-OH is 1. The summed E-state index contributed by atoms with van der Waals surface area (Å²) in [6, 6.07) is 21.5. The van der Waals surface area contributed by atoms with Crippen molar-refractivity contribution in [3.8, 4) is 5.75 Å². The highest BCUT2D eigenvalue weighted by atomic mass is 35.5. The summed E-state index contributed by atoms with van der Waals surface area (Å²) in [5.74, 6) is 0.603. The fourth-order valence-electron chi connectivity index (χ4n) is 9.20. The van der Waals surface area contributed by atoms with Gasteiger partial charge in [0.2, 0.25) is 0 Å². The molecular weight excluding hydrogens is 874 g/mol. The highest BCUT2D eigenvalue weighted by Crippen LogP contribution is 2.38. The fraction of sp³-hybridized carbons (Fsp3) is 0.438. The van der Waals surface area contributed by atoms with E-state index in [4.69, 9.17) is 16.3 Å². The maximum absolute atomic E-state index is 13.4. The van der Waals surface area contributed by atoms with Gasteiger partial charge in [0.15, 0.2) is 0 Å². The Labute approximate surface area is 378 Å². The Morgan fingerprint density at radius 3 is 2.02 bits per heavy atom.